The van der Waals surface area contributed by atoms with Gasteiger partial charge in [0, 0.05) is 38.4 Å². The van der Waals surface area contributed by atoms with Crippen LogP contribution in [0.2, 0.25) is 0 Å². The predicted octanol–water partition coefficient (Wildman–Crippen LogP) is 3.10. The van der Waals surface area contributed by atoms with E-state index < -0.39 is 0 Å². The van der Waals surface area contributed by atoms with Crippen LogP contribution in [0, 0.1) is 5.92 Å². The van der Waals surface area contributed by atoms with Crippen LogP contribution >= 0.6 is 0 Å². The van der Waals surface area contributed by atoms with Crippen LogP contribution in [0.3, 0.4) is 0 Å². The highest BCUT2D eigenvalue weighted by Crippen LogP contribution is 2.24. The first-order valence-electron chi connectivity index (χ1n) is 8.87. The van der Waals surface area contributed by atoms with Gasteiger partial charge in [0.15, 0.2) is 0 Å². The number of likely N-dealkylation sites (tertiary alicyclic amines) is 1. The third kappa shape index (κ3) is 4.40. The summed E-state index contributed by atoms with van der Waals surface area (Å²) in [6.45, 7) is 2.94. The zero-order valence-electron chi connectivity index (χ0n) is 15.3. The molecule has 2 aromatic carbocycles. The molecule has 132 valence electrons. The Morgan fingerprint density at radius 2 is 1.88 bits per heavy atom. The van der Waals surface area contributed by atoms with Gasteiger partial charge in [-0.25, -0.2) is 0 Å². The average molecular weight is 337 g/mol. The highest BCUT2D eigenvalue weighted by atomic mass is 16.1. The fourth-order valence-corrected chi connectivity index (χ4v) is 3.34. The molecule has 1 saturated heterocycles. The molecule has 0 radical (unpaired) electrons. The summed E-state index contributed by atoms with van der Waals surface area (Å²) in [5.74, 6) is 0.578. The van der Waals surface area contributed by atoms with E-state index in [1.54, 1.807) is 0 Å². The minimum atomic E-state index is 0.0140. The van der Waals surface area contributed by atoms with Gasteiger partial charge in [-0.05, 0) is 61.3 Å². The summed E-state index contributed by atoms with van der Waals surface area (Å²) >= 11 is 0. The van der Waals surface area contributed by atoms with Crippen molar-refractivity contribution < 1.29 is 4.79 Å². The van der Waals surface area contributed by atoms with Gasteiger partial charge in [-0.2, -0.15) is 0 Å². The van der Waals surface area contributed by atoms with Crippen LogP contribution in [0.1, 0.15) is 16.8 Å². The smallest absolute Gasteiger partial charge is 0.251 e. The number of amides is 1. The van der Waals surface area contributed by atoms with Crippen LogP contribution in [0.4, 0.5) is 5.69 Å². The van der Waals surface area contributed by atoms with Gasteiger partial charge in [0.2, 0.25) is 0 Å². The number of carbonyl (C=O) groups excluding carboxylic acids is 1. The van der Waals surface area contributed by atoms with Crippen LogP contribution in [-0.2, 0) is 0 Å². The van der Waals surface area contributed by atoms with E-state index in [2.05, 4.69) is 46.4 Å². The second-order valence-corrected chi connectivity index (χ2v) is 7.15. The zero-order valence-corrected chi connectivity index (χ0v) is 15.3. The van der Waals surface area contributed by atoms with Crippen LogP contribution in [0.25, 0.3) is 11.1 Å². The van der Waals surface area contributed by atoms with Gasteiger partial charge in [0.25, 0.3) is 5.91 Å². The quantitative estimate of drug-likeness (QED) is 0.911. The number of carbonyl (C=O) groups is 1. The molecule has 1 amide bonds. The Labute approximate surface area is 150 Å². The zero-order chi connectivity index (χ0) is 17.8. The first-order chi connectivity index (χ1) is 12.0. The fraction of sp³-hybridized carbons (Fsp3) is 0.381. The third-order valence-corrected chi connectivity index (χ3v) is 4.86. The molecule has 1 fully saturated rings. The molecular formula is C21H27N3O. The Hall–Kier alpha value is -2.33. The Bertz CT molecular complexity index is 741. The van der Waals surface area contributed by atoms with E-state index in [4.69, 9.17) is 0 Å². The van der Waals surface area contributed by atoms with Gasteiger partial charge in [0.1, 0.15) is 0 Å². The van der Waals surface area contributed by atoms with Gasteiger partial charge >= 0.3 is 0 Å². The number of anilines is 1. The molecule has 0 unspecified atom stereocenters. The summed E-state index contributed by atoms with van der Waals surface area (Å²) in [6, 6.07) is 16.2. The summed E-state index contributed by atoms with van der Waals surface area (Å²) in [4.78, 5) is 16.9. The molecule has 4 heteroatoms. The number of hydrogen-bond acceptors (Lipinski definition) is 3. The largest absolute Gasteiger partial charge is 0.378 e. The Kier molecular flexibility index (Phi) is 5.39. The number of hydrogen-bond donors (Lipinski definition) is 1. The lowest BCUT2D eigenvalue weighted by molar-refractivity contribution is 0.0947. The topological polar surface area (TPSA) is 35.6 Å². The molecule has 1 aliphatic heterocycles. The molecule has 1 atom stereocenters. The minimum Gasteiger partial charge on any atom is -0.378 e. The monoisotopic (exact) mass is 337 g/mol. The fourth-order valence-electron chi connectivity index (χ4n) is 3.34. The first-order valence-corrected chi connectivity index (χ1v) is 8.87. The summed E-state index contributed by atoms with van der Waals surface area (Å²) in [7, 11) is 6.19. The molecule has 1 heterocycles. The molecule has 25 heavy (non-hydrogen) atoms. The predicted molar refractivity (Wildman–Crippen MR) is 104 cm³/mol. The highest BCUT2D eigenvalue weighted by Gasteiger charge is 2.20. The molecule has 2 aromatic rings. The van der Waals surface area contributed by atoms with Crippen LogP contribution in [-0.4, -0.2) is 51.6 Å². The second kappa shape index (κ2) is 7.70. The lowest BCUT2D eigenvalue weighted by Gasteiger charge is -2.14. The summed E-state index contributed by atoms with van der Waals surface area (Å²) in [6.07, 6.45) is 1.16. The molecule has 0 spiro atoms. The van der Waals surface area contributed by atoms with Crippen molar-refractivity contribution in [3.63, 3.8) is 0 Å². The van der Waals surface area contributed by atoms with E-state index in [-0.39, 0.29) is 5.91 Å². The summed E-state index contributed by atoms with van der Waals surface area (Å²) < 4.78 is 0. The molecule has 0 aromatic heterocycles. The van der Waals surface area contributed by atoms with E-state index in [0.717, 1.165) is 48.4 Å². The van der Waals surface area contributed by atoms with Gasteiger partial charge in [-0.3, -0.25) is 4.79 Å². The molecule has 1 N–H and O–H groups in total. The van der Waals surface area contributed by atoms with Gasteiger partial charge in [0.05, 0.1) is 0 Å². The first kappa shape index (κ1) is 17.5. The molecular weight excluding hydrogens is 310 g/mol. The third-order valence-electron chi connectivity index (χ3n) is 4.86. The maximum Gasteiger partial charge on any atom is 0.251 e. The standard InChI is InChI=1S/C21H27N3O/c1-23(2)20-9-5-7-18(13-20)17-6-4-8-19(12-17)21(25)22-14-16-10-11-24(3)15-16/h4-9,12-13,16H,10-11,14-15H2,1-3H3,(H,22,25)/t16-/m1/s1. The van der Waals surface area contributed by atoms with Crippen molar-refractivity contribution in [1.29, 1.82) is 0 Å². The number of nitrogens with one attached hydrogen (secondary N) is 1. The molecule has 4 nitrogen and oxygen atoms in total. The van der Waals surface area contributed by atoms with Gasteiger partial charge in [-0.15, -0.1) is 0 Å². The van der Waals surface area contributed by atoms with E-state index in [9.17, 15) is 4.79 Å². The normalized spacial score (nSPS) is 17.5. The van der Waals surface area contributed by atoms with Crippen molar-refractivity contribution in [2.24, 2.45) is 5.92 Å². The lowest BCUT2D eigenvalue weighted by atomic mass is 10.0. The van der Waals surface area contributed by atoms with E-state index in [1.165, 1.54) is 0 Å². The lowest BCUT2D eigenvalue weighted by Crippen LogP contribution is -2.30. The van der Waals surface area contributed by atoms with Crippen LogP contribution < -0.4 is 10.2 Å². The van der Waals surface area contributed by atoms with E-state index in [0.29, 0.717) is 5.92 Å². The molecule has 3 rings (SSSR count). The maximum atomic E-state index is 12.5. The van der Waals surface area contributed by atoms with Crippen LogP contribution in [0.15, 0.2) is 48.5 Å². The van der Waals surface area contributed by atoms with E-state index in [1.807, 2.05) is 38.4 Å². The number of rotatable bonds is 5. The van der Waals surface area contributed by atoms with Crippen LogP contribution in [0.5, 0.6) is 0 Å². The Morgan fingerprint density at radius 3 is 2.56 bits per heavy atom. The second-order valence-electron chi connectivity index (χ2n) is 7.15. The Balaban J connectivity index is 1.70. The molecule has 0 bridgehead atoms. The maximum absolute atomic E-state index is 12.5. The van der Waals surface area contributed by atoms with Crippen molar-refractivity contribution in [1.82, 2.24) is 10.2 Å². The minimum absolute atomic E-state index is 0.0140. The SMILES string of the molecule is CN1CC[C@H](CNC(=O)c2cccc(-c3cccc(N(C)C)c3)c2)C1. The van der Waals surface area contributed by atoms with Crippen molar-refractivity contribution in [3.8, 4) is 11.1 Å². The van der Waals surface area contributed by atoms with E-state index >= 15 is 0 Å². The molecule has 0 saturated carbocycles. The molecule has 1 aliphatic rings. The van der Waals surface area contributed by atoms with Gasteiger partial charge in [-0.1, -0.05) is 24.3 Å². The average Bonchev–Trinajstić information content (AvgIpc) is 3.05. The highest BCUT2D eigenvalue weighted by molar-refractivity contribution is 5.95. The van der Waals surface area contributed by atoms with Gasteiger partial charge < -0.3 is 15.1 Å². The van der Waals surface area contributed by atoms with Crippen molar-refractivity contribution in [2.75, 3.05) is 45.7 Å². The number of nitrogens with zero attached hydrogens (tertiary/aromatic N) is 2. The molecule has 0 aliphatic carbocycles. The summed E-state index contributed by atoms with van der Waals surface area (Å²) in [5.41, 5.74) is 4.06. The summed E-state index contributed by atoms with van der Waals surface area (Å²) in [5, 5.41) is 3.10. The Morgan fingerprint density at radius 1 is 1.16 bits per heavy atom. The van der Waals surface area contributed by atoms with Crippen molar-refractivity contribution in [2.45, 2.75) is 6.42 Å². The number of benzene rings is 2. The van der Waals surface area contributed by atoms with Crippen molar-refractivity contribution >= 4 is 11.6 Å². The van der Waals surface area contributed by atoms with Crippen molar-refractivity contribution in [3.05, 3.63) is 54.1 Å².